The first-order valence-electron chi connectivity index (χ1n) is 25.0. The Labute approximate surface area is 406 Å². The molecule has 0 heterocycles. The van der Waals surface area contributed by atoms with Gasteiger partial charge in [0.1, 0.15) is 8.07 Å². The summed E-state index contributed by atoms with van der Waals surface area (Å²) >= 11 is 0. The Hall–Kier alpha value is -7.00. The van der Waals surface area contributed by atoms with Crippen molar-refractivity contribution in [2.45, 2.75) is 111 Å². The fourth-order valence-corrected chi connectivity index (χ4v) is 16.6. The van der Waals surface area contributed by atoms with E-state index in [4.69, 9.17) is 6.42 Å². The topological polar surface area (TPSA) is 0 Å². The molecule has 0 fully saturated rings. The molecule has 1 heteroatoms. The number of fused-ring (bicyclic) bond motifs is 6. The van der Waals surface area contributed by atoms with Crippen LogP contribution >= 0.6 is 0 Å². The first-order valence-corrected chi connectivity index (χ1v) is 27.2. The molecule has 0 unspecified atom stereocenters. The van der Waals surface area contributed by atoms with Crippen molar-refractivity contribution in [2.24, 2.45) is 0 Å². The Bertz CT molecular complexity index is 3640. The van der Waals surface area contributed by atoms with Crippen LogP contribution in [0.5, 0.6) is 0 Å². The quantitative estimate of drug-likeness (QED) is 0.0769. The summed E-state index contributed by atoms with van der Waals surface area (Å²) in [4.78, 5) is 0. The molecule has 0 saturated heterocycles. The second-order valence-corrected chi connectivity index (χ2v) is 25.3. The Kier molecular flexibility index (Phi) is 13.4. The van der Waals surface area contributed by atoms with Crippen LogP contribution in [0, 0.1) is 47.5 Å². The van der Waals surface area contributed by atoms with Gasteiger partial charge in [0.2, 0.25) is 0 Å². The second-order valence-electron chi connectivity index (χ2n) is 19.7. The molecule has 0 aromatic heterocycles. The summed E-state index contributed by atoms with van der Waals surface area (Å²) in [5.41, 5.74) is 14.6. The monoisotopic (exact) mass is 894 g/mol. The summed E-state index contributed by atoms with van der Waals surface area (Å²) in [7, 11) is -1.93. The lowest BCUT2D eigenvalue weighted by atomic mass is 9.90. The van der Waals surface area contributed by atoms with Crippen LogP contribution in [0.2, 0.25) is 16.6 Å². The summed E-state index contributed by atoms with van der Waals surface area (Å²) in [5, 5.41) is 14.4. The number of hydrogen-bond acceptors (Lipinski definition) is 0. The van der Waals surface area contributed by atoms with Crippen LogP contribution < -0.4 is 0 Å². The summed E-state index contributed by atoms with van der Waals surface area (Å²) in [6, 6.07) is 48.5. The van der Waals surface area contributed by atoms with Gasteiger partial charge in [-0.25, -0.2) is 0 Å². The van der Waals surface area contributed by atoms with E-state index >= 15 is 0 Å². The highest BCUT2D eigenvalue weighted by Crippen LogP contribution is 2.42. The number of benzene rings is 9. The lowest BCUT2D eigenvalue weighted by Gasteiger charge is -2.38. The van der Waals surface area contributed by atoms with E-state index in [1.807, 2.05) is 6.07 Å². The molecule has 0 amide bonds. The third kappa shape index (κ3) is 8.48. The molecule has 0 spiro atoms. The maximum Gasteiger partial charge on any atom is 0.146 e. The summed E-state index contributed by atoms with van der Waals surface area (Å²) in [6.45, 7) is 18.9. The molecule has 0 bridgehead atoms. The molecule has 68 heavy (non-hydrogen) atoms. The van der Waals surface area contributed by atoms with Crippen LogP contribution in [-0.2, 0) is 12.8 Å². The van der Waals surface area contributed by atoms with Gasteiger partial charge >= 0.3 is 0 Å². The predicted octanol–water partition coefficient (Wildman–Crippen LogP) is 17.6. The van der Waals surface area contributed by atoms with Crippen molar-refractivity contribution in [3.8, 4) is 47.5 Å². The van der Waals surface area contributed by atoms with Crippen LogP contribution in [0.15, 0.2) is 133 Å². The van der Waals surface area contributed by atoms with E-state index in [9.17, 15) is 0 Å². The Balaban J connectivity index is 1.17. The highest BCUT2D eigenvalue weighted by molar-refractivity contribution is 6.90. The summed E-state index contributed by atoms with van der Waals surface area (Å²) in [6.07, 6.45) is 12.6. The third-order valence-corrected chi connectivity index (χ3v) is 21.1. The number of hydrogen-bond donors (Lipinski definition) is 0. The number of rotatable bonds is 9. The highest BCUT2D eigenvalue weighted by atomic mass is 28.3. The maximum atomic E-state index is 6.05. The lowest BCUT2D eigenvalue weighted by molar-refractivity contribution is 0.802. The van der Waals surface area contributed by atoms with Gasteiger partial charge in [0.25, 0.3) is 0 Å². The SMILES string of the molecule is C#Cc1cccc2c(CCCC)c3cccc(C#Cc4cccc5cc6cccc(C#Cc7cccc8c(CCCC)c9cccc(C#C[Si](C(C)C)(C(C)C)C(C)C)c9cc78)c6cc45)c3cc12. The van der Waals surface area contributed by atoms with Gasteiger partial charge in [-0.3, -0.25) is 0 Å². The van der Waals surface area contributed by atoms with Crippen molar-refractivity contribution in [3.63, 3.8) is 0 Å². The van der Waals surface area contributed by atoms with Crippen LogP contribution in [-0.4, -0.2) is 8.07 Å². The van der Waals surface area contributed by atoms with Crippen LogP contribution in [0.25, 0.3) is 64.6 Å². The molecule has 0 aliphatic rings. The molecule has 0 radical (unpaired) electrons. The van der Waals surface area contributed by atoms with E-state index in [2.05, 4.69) is 224 Å². The zero-order valence-corrected chi connectivity index (χ0v) is 42.3. The van der Waals surface area contributed by atoms with Crippen molar-refractivity contribution in [3.05, 3.63) is 178 Å². The van der Waals surface area contributed by atoms with Crippen LogP contribution in [0.1, 0.15) is 126 Å². The first kappa shape index (κ1) is 46.1. The second kappa shape index (κ2) is 19.7. The number of aryl methyl sites for hydroxylation is 2. The molecule has 0 nitrogen and oxygen atoms in total. The van der Waals surface area contributed by atoms with Gasteiger partial charge in [0.05, 0.1) is 0 Å². The molecule has 9 aromatic carbocycles. The maximum absolute atomic E-state index is 6.05. The zero-order valence-electron chi connectivity index (χ0n) is 41.3. The van der Waals surface area contributed by atoms with Crippen molar-refractivity contribution >= 4 is 72.7 Å². The minimum Gasteiger partial charge on any atom is -0.125 e. The summed E-state index contributed by atoms with van der Waals surface area (Å²) in [5.74, 6) is 21.5. The normalized spacial score (nSPS) is 11.6. The molecular weight excluding hydrogens is 833 g/mol. The molecular formula is C67H62Si. The van der Waals surface area contributed by atoms with E-state index in [-0.39, 0.29) is 0 Å². The van der Waals surface area contributed by atoms with Gasteiger partial charge in [-0.1, -0.05) is 177 Å². The van der Waals surface area contributed by atoms with Crippen molar-refractivity contribution in [1.82, 2.24) is 0 Å². The standard InChI is InChI=1S/C67H62Si/c1-10-13-29-56-58-31-17-21-48(12-3)64(58)43-65-51(24-18-32-59(56)65)37-35-49-22-15-27-54-41-55-28-16-23-50(63(55)42-62(49)54)36-38-52-25-19-33-60-57(30-14-11-2)61-34-20-26-53(67(61)44-66(52)60)39-40-68(45(4)5,46(6)7)47(8)9/h3,15-28,31-34,41-47H,10-11,13-14,29-30H2,1-2,4-9H3. The highest BCUT2D eigenvalue weighted by Gasteiger charge is 2.41. The first-order chi connectivity index (χ1) is 33.1. The average Bonchev–Trinajstić information content (AvgIpc) is 3.34. The van der Waals surface area contributed by atoms with Gasteiger partial charge in [-0.15, -0.1) is 12.0 Å². The molecule has 0 aliphatic heterocycles. The molecule has 0 saturated carbocycles. The van der Waals surface area contributed by atoms with E-state index < -0.39 is 8.07 Å². The largest absolute Gasteiger partial charge is 0.146 e. The molecule has 334 valence electrons. The predicted molar refractivity (Wildman–Crippen MR) is 299 cm³/mol. The molecule has 0 atom stereocenters. The van der Waals surface area contributed by atoms with Crippen molar-refractivity contribution in [1.29, 1.82) is 0 Å². The van der Waals surface area contributed by atoms with Gasteiger partial charge < -0.3 is 0 Å². The fourth-order valence-electron chi connectivity index (χ4n) is 11.4. The summed E-state index contributed by atoms with van der Waals surface area (Å²) < 4.78 is 0. The van der Waals surface area contributed by atoms with Gasteiger partial charge in [0, 0.05) is 33.4 Å². The van der Waals surface area contributed by atoms with E-state index in [1.54, 1.807) is 0 Å². The Morgan fingerprint density at radius 1 is 0.382 bits per heavy atom. The number of terminal acetylenes is 1. The smallest absolute Gasteiger partial charge is 0.125 e. The van der Waals surface area contributed by atoms with E-state index in [0.29, 0.717) is 16.6 Å². The van der Waals surface area contributed by atoms with Crippen LogP contribution in [0.3, 0.4) is 0 Å². The van der Waals surface area contributed by atoms with Gasteiger partial charge in [-0.05, 0) is 179 Å². The average molecular weight is 895 g/mol. The molecule has 0 N–H and O–H groups in total. The zero-order chi connectivity index (χ0) is 47.5. The fraction of sp³-hybridized carbons (Fsp3) is 0.254. The van der Waals surface area contributed by atoms with E-state index in [1.165, 1.54) is 43.4 Å². The minimum absolute atomic E-state index is 0.573. The van der Waals surface area contributed by atoms with Crippen LogP contribution in [0.4, 0.5) is 0 Å². The minimum atomic E-state index is -1.93. The molecule has 9 aromatic rings. The molecule has 0 aliphatic carbocycles. The van der Waals surface area contributed by atoms with E-state index in [0.717, 1.165) is 104 Å². The Morgan fingerprint density at radius 3 is 1.07 bits per heavy atom. The molecule has 9 rings (SSSR count). The van der Waals surface area contributed by atoms with Gasteiger partial charge in [0.15, 0.2) is 0 Å². The van der Waals surface area contributed by atoms with Gasteiger partial charge in [-0.2, -0.15) is 0 Å². The Morgan fingerprint density at radius 2 is 0.706 bits per heavy atom. The van der Waals surface area contributed by atoms with Crippen molar-refractivity contribution < 1.29 is 0 Å². The van der Waals surface area contributed by atoms with Crippen molar-refractivity contribution in [2.75, 3.05) is 0 Å². The third-order valence-electron chi connectivity index (χ3n) is 14.8. The lowest BCUT2D eigenvalue weighted by Crippen LogP contribution is -2.43. The number of unbranched alkanes of at least 4 members (excludes halogenated alkanes) is 2.